The van der Waals surface area contributed by atoms with Crippen LogP contribution in [0.2, 0.25) is 10.0 Å². The van der Waals surface area contributed by atoms with Crippen molar-refractivity contribution < 1.29 is 14.3 Å². The molecule has 1 heterocycles. The zero-order valence-corrected chi connectivity index (χ0v) is 18.6. The number of fused-ring (bicyclic) bond motifs is 1. The number of imidazole rings is 1. The number of amides is 1. The molecule has 1 atom stereocenters. The predicted octanol–water partition coefficient (Wildman–Crippen LogP) is 5.12. The van der Waals surface area contributed by atoms with Crippen molar-refractivity contribution in [2.45, 2.75) is 23.9 Å². The van der Waals surface area contributed by atoms with Gasteiger partial charge in [-0.1, -0.05) is 35.0 Å². The molecular weight excluding hydrogens is 433 g/mol. The monoisotopic (exact) mass is 453 g/mol. The van der Waals surface area contributed by atoms with Gasteiger partial charge in [-0.2, -0.15) is 0 Å². The normalized spacial score (nSPS) is 12.2. The Labute approximate surface area is 183 Å². The Morgan fingerprint density at radius 1 is 1.24 bits per heavy atom. The Kier molecular flexibility index (Phi) is 7.29. The molecule has 0 saturated carbocycles. The third-order valence-electron chi connectivity index (χ3n) is 4.27. The van der Waals surface area contributed by atoms with Gasteiger partial charge in [-0.3, -0.25) is 4.79 Å². The Hall–Kier alpha value is -1.93. The van der Waals surface area contributed by atoms with Crippen LogP contribution in [0.3, 0.4) is 0 Å². The number of carbonyl (C=O) groups excluding carboxylic acids is 1. The van der Waals surface area contributed by atoms with Crippen molar-refractivity contribution in [1.82, 2.24) is 9.55 Å². The van der Waals surface area contributed by atoms with Crippen LogP contribution in [0.15, 0.2) is 41.6 Å². The number of carbonyl (C=O) groups is 1. The van der Waals surface area contributed by atoms with Gasteiger partial charge in [0.05, 0.1) is 35.0 Å². The van der Waals surface area contributed by atoms with E-state index in [-0.39, 0.29) is 11.2 Å². The number of aromatic nitrogens is 2. The number of halogens is 2. The van der Waals surface area contributed by atoms with Crippen molar-refractivity contribution in [3.63, 3.8) is 0 Å². The summed E-state index contributed by atoms with van der Waals surface area (Å²) in [6.07, 6.45) is 0. The third-order valence-corrected chi connectivity index (χ3v) is 5.89. The van der Waals surface area contributed by atoms with E-state index in [1.165, 1.54) is 11.8 Å². The van der Waals surface area contributed by atoms with E-state index in [2.05, 4.69) is 10.3 Å². The summed E-state index contributed by atoms with van der Waals surface area (Å²) in [4.78, 5) is 17.3. The van der Waals surface area contributed by atoms with Gasteiger partial charge in [-0.15, -0.1) is 0 Å². The summed E-state index contributed by atoms with van der Waals surface area (Å²) in [6.45, 7) is 2.99. The molecule has 9 heteroatoms. The lowest BCUT2D eigenvalue weighted by molar-refractivity contribution is -0.115. The number of anilines is 1. The van der Waals surface area contributed by atoms with Crippen molar-refractivity contribution in [3.8, 4) is 5.75 Å². The summed E-state index contributed by atoms with van der Waals surface area (Å²) >= 11 is 13.6. The number of methoxy groups -OCH3 is 2. The van der Waals surface area contributed by atoms with Gasteiger partial charge in [0.15, 0.2) is 5.16 Å². The van der Waals surface area contributed by atoms with Gasteiger partial charge in [-0.25, -0.2) is 4.98 Å². The fourth-order valence-electron chi connectivity index (χ4n) is 2.77. The molecule has 2 aromatic carbocycles. The Balaban J connectivity index is 1.78. The van der Waals surface area contributed by atoms with Crippen LogP contribution in [0.4, 0.5) is 5.69 Å². The van der Waals surface area contributed by atoms with E-state index in [1.807, 2.05) is 29.7 Å². The van der Waals surface area contributed by atoms with Crippen molar-refractivity contribution in [1.29, 1.82) is 0 Å². The highest BCUT2D eigenvalue weighted by atomic mass is 35.5. The average Bonchev–Trinajstić information content (AvgIpc) is 3.02. The number of thioether (sulfide) groups is 1. The molecular formula is C20H21Cl2N3O3S. The van der Waals surface area contributed by atoms with Crippen molar-refractivity contribution >= 4 is 57.6 Å². The third kappa shape index (κ3) is 5.17. The summed E-state index contributed by atoms with van der Waals surface area (Å²) in [5.74, 6) is 0.400. The first-order valence-electron chi connectivity index (χ1n) is 8.88. The highest BCUT2D eigenvalue weighted by Crippen LogP contribution is 2.30. The standard InChI is InChI=1S/C20H21Cl2N3O3S/c1-12(19(26)23-14-5-7-18(28-3)15(22)11-14)29-20-24-16-10-13(21)4-6-17(16)25(20)8-9-27-2/h4-7,10-12H,8-9H2,1-3H3,(H,23,26). The molecule has 29 heavy (non-hydrogen) atoms. The SMILES string of the molecule is COCCn1c(SC(C)C(=O)Nc2ccc(OC)c(Cl)c2)nc2cc(Cl)ccc21. The van der Waals surface area contributed by atoms with Crippen LogP contribution in [-0.2, 0) is 16.1 Å². The average molecular weight is 454 g/mol. The largest absolute Gasteiger partial charge is 0.495 e. The van der Waals surface area contributed by atoms with Crippen molar-refractivity contribution in [2.24, 2.45) is 0 Å². The van der Waals surface area contributed by atoms with E-state index < -0.39 is 0 Å². The number of rotatable bonds is 8. The van der Waals surface area contributed by atoms with Crippen molar-refractivity contribution in [2.75, 3.05) is 26.1 Å². The second-order valence-electron chi connectivity index (χ2n) is 6.27. The summed E-state index contributed by atoms with van der Waals surface area (Å²) in [5, 5.41) is 4.28. The van der Waals surface area contributed by atoms with E-state index in [0.29, 0.717) is 34.6 Å². The van der Waals surface area contributed by atoms with Crippen LogP contribution in [0, 0.1) is 0 Å². The first-order chi connectivity index (χ1) is 13.9. The van der Waals surface area contributed by atoms with Crippen LogP contribution in [0.25, 0.3) is 11.0 Å². The molecule has 0 saturated heterocycles. The van der Waals surface area contributed by atoms with Gasteiger partial charge in [-0.05, 0) is 43.3 Å². The Bertz CT molecular complexity index is 1030. The van der Waals surface area contributed by atoms with E-state index in [9.17, 15) is 4.79 Å². The highest BCUT2D eigenvalue weighted by molar-refractivity contribution is 8.00. The topological polar surface area (TPSA) is 65.4 Å². The lowest BCUT2D eigenvalue weighted by Crippen LogP contribution is -2.23. The van der Waals surface area contributed by atoms with Crippen LogP contribution in [0.1, 0.15) is 6.92 Å². The second kappa shape index (κ2) is 9.71. The predicted molar refractivity (Wildman–Crippen MR) is 119 cm³/mol. The molecule has 3 rings (SSSR count). The van der Waals surface area contributed by atoms with E-state index >= 15 is 0 Å². The fraction of sp³-hybridized carbons (Fsp3) is 0.300. The van der Waals surface area contributed by atoms with Gasteiger partial charge in [0.25, 0.3) is 0 Å². The zero-order chi connectivity index (χ0) is 21.0. The molecule has 0 radical (unpaired) electrons. The summed E-state index contributed by atoms with van der Waals surface area (Å²) in [5.41, 5.74) is 2.34. The van der Waals surface area contributed by atoms with Crippen LogP contribution in [-0.4, -0.2) is 41.5 Å². The smallest absolute Gasteiger partial charge is 0.237 e. The van der Waals surface area contributed by atoms with Gasteiger partial charge < -0.3 is 19.4 Å². The zero-order valence-electron chi connectivity index (χ0n) is 16.2. The Morgan fingerprint density at radius 2 is 2.03 bits per heavy atom. The summed E-state index contributed by atoms with van der Waals surface area (Å²) in [6, 6.07) is 10.7. The lowest BCUT2D eigenvalue weighted by atomic mass is 10.3. The molecule has 6 nitrogen and oxygen atoms in total. The van der Waals surface area contributed by atoms with E-state index in [1.54, 1.807) is 32.4 Å². The maximum atomic E-state index is 12.7. The number of hydrogen-bond donors (Lipinski definition) is 1. The van der Waals surface area contributed by atoms with Gasteiger partial charge in [0, 0.05) is 24.4 Å². The summed E-state index contributed by atoms with van der Waals surface area (Å²) in [7, 11) is 3.19. The van der Waals surface area contributed by atoms with Gasteiger partial charge in [0.2, 0.25) is 5.91 Å². The first kappa shape index (κ1) is 21.8. The van der Waals surface area contributed by atoms with E-state index in [0.717, 1.165) is 16.2 Å². The fourth-order valence-corrected chi connectivity index (χ4v) is 4.14. The molecule has 1 aromatic heterocycles. The lowest BCUT2D eigenvalue weighted by Gasteiger charge is -2.14. The molecule has 0 aliphatic carbocycles. The number of nitrogens with one attached hydrogen (secondary N) is 1. The number of nitrogens with zero attached hydrogens (tertiary/aromatic N) is 2. The molecule has 0 spiro atoms. The summed E-state index contributed by atoms with van der Waals surface area (Å²) < 4.78 is 12.4. The van der Waals surface area contributed by atoms with Crippen molar-refractivity contribution in [3.05, 3.63) is 46.4 Å². The quantitative estimate of drug-likeness (QED) is 0.479. The molecule has 1 unspecified atom stereocenters. The molecule has 0 fully saturated rings. The maximum absolute atomic E-state index is 12.7. The minimum Gasteiger partial charge on any atom is -0.495 e. The number of benzene rings is 2. The van der Waals surface area contributed by atoms with Gasteiger partial charge in [0.1, 0.15) is 5.75 Å². The minimum atomic E-state index is -0.385. The number of hydrogen-bond acceptors (Lipinski definition) is 5. The molecule has 154 valence electrons. The molecule has 1 amide bonds. The molecule has 3 aromatic rings. The van der Waals surface area contributed by atoms with Crippen LogP contribution >= 0.6 is 35.0 Å². The van der Waals surface area contributed by atoms with Crippen LogP contribution in [0.5, 0.6) is 5.75 Å². The van der Waals surface area contributed by atoms with Crippen LogP contribution < -0.4 is 10.1 Å². The maximum Gasteiger partial charge on any atom is 0.237 e. The highest BCUT2D eigenvalue weighted by Gasteiger charge is 2.20. The molecule has 0 aliphatic rings. The first-order valence-corrected chi connectivity index (χ1v) is 10.5. The van der Waals surface area contributed by atoms with E-state index in [4.69, 9.17) is 32.7 Å². The second-order valence-corrected chi connectivity index (χ2v) is 8.42. The minimum absolute atomic E-state index is 0.153. The molecule has 0 aliphatic heterocycles. The van der Waals surface area contributed by atoms with Gasteiger partial charge >= 0.3 is 0 Å². The molecule has 1 N–H and O–H groups in total. The Morgan fingerprint density at radius 3 is 2.72 bits per heavy atom. The molecule has 0 bridgehead atoms. The number of ether oxygens (including phenoxy) is 2.